The molecule has 0 amide bonds. The van der Waals surface area contributed by atoms with E-state index in [2.05, 4.69) is 10.1 Å². The Hall–Kier alpha value is -2.52. The van der Waals surface area contributed by atoms with E-state index in [-0.39, 0.29) is 23.7 Å². The molecule has 0 saturated heterocycles. The first-order valence-electron chi connectivity index (χ1n) is 8.07. The summed E-state index contributed by atoms with van der Waals surface area (Å²) in [7, 11) is -2.55. The molecule has 136 valence electrons. The average Bonchev–Trinajstić information content (AvgIpc) is 3.02. The van der Waals surface area contributed by atoms with E-state index in [9.17, 15) is 12.8 Å². The third-order valence-electron chi connectivity index (χ3n) is 4.48. The van der Waals surface area contributed by atoms with E-state index in [1.54, 1.807) is 10.7 Å². The second-order valence-electron chi connectivity index (χ2n) is 6.17. The van der Waals surface area contributed by atoms with E-state index < -0.39 is 15.8 Å². The van der Waals surface area contributed by atoms with Crippen molar-refractivity contribution in [3.05, 3.63) is 53.2 Å². The van der Waals surface area contributed by atoms with Crippen molar-refractivity contribution >= 4 is 15.7 Å². The smallest absolute Gasteiger partial charge is 0.247 e. The molecule has 0 N–H and O–H groups in total. The number of aryl methyl sites for hydroxylation is 1. The number of sulfonamides is 1. The van der Waals surface area contributed by atoms with Crippen LogP contribution < -0.4 is 4.74 Å². The molecular formula is C17H17FN4O3S. The molecule has 3 heterocycles. The molecule has 0 bridgehead atoms. The topological polar surface area (TPSA) is 76.8 Å². The number of aromatic nitrogens is 3. The van der Waals surface area contributed by atoms with Gasteiger partial charge < -0.3 is 4.74 Å². The molecule has 2 aromatic heterocycles. The molecule has 3 aromatic rings. The number of rotatable bonds is 3. The molecule has 0 spiro atoms. The van der Waals surface area contributed by atoms with Crippen LogP contribution in [0.2, 0.25) is 0 Å². The highest BCUT2D eigenvalue weighted by atomic mass is 32.2. The highest BCUT2D eigenvalue weighted by Gasteiger charge is 2.32. The van der Waals surface area contributed by atoms with Crippen LogP contribution in [0.25, 0.3) is 5.65 Å². The van der Waals surface area contributed by atoms with Gasteiger partial charge in [0.2, 0.25) is 10.0 Å². The van der Waals surface area contributed by atoms with Gasteiger partial charge in [0, 0.05) is 37.3 Å². The standard InChI is InChI=1S/C17H17FN4O3S/c1-11-7-17-19-9-12-10-21(6-5-14(12)22(17)20-11)26(23,24)16-8-13(18)3-4-15(16)25-2/h3-4,7-9H,5-6,10H2,1-2H3. The normalized spacial score (nSPS) is 15.2. The van der Waals surface area contributed by atoms with E-state index in [4.69, 9.17) is 4.74 Å². The van der Waals surface area contributed by atoms with Crippen LogP contribution in [0.3, 0.4) is 0 Å². The maximum Gasteiger partial charge on any atom is 0.247 e. The summed E-state index contributed by atoms with van der Waals surface area (Å²) in [5.74, 6) is -0.509. The molecule has 1 aromatic carbocycles. The Bertz CT molecular complexity index is 1110. The Morgan fingerprint density at radius 2 is 2.08 bits per heavy atom. The molecule has 0 aliphatic carbocycles. The van der Waals surface area contributed by atoms with Crippen LogP contribution in [0, 0.1) is 12.7 Å². The summed E-state index contributed by atoms with van der Waals surface area (Å²) in [5, 5.41) is 4.43. The van der Waals surface area contributed by atoms with Crippen LogP contribution in [0.1, 0.15) is 17.0 Å². The molecular weight excluding hydrogens is 359 g/mol. The lowest BCUT2D eigenvalue weighted by molar-refractivity contribution is 0.372. The van der Waals surface area contributed by atoms with Gasteiger partial charge in [-0.1, -0.05) is 0 Å². The fourth-order valence-electron chi connectivity index (χ4n) is 3.23. The van der Waals surface area contributed by atoms with Gasteiger partial charge >= 0.3 is 0 Å². The van der Waals surface area contributed by atoms with Gasteiger partial charge in [-0.05, 0) is 25.1 Å². The number of fused-ring (bicyclic) bond motifs is 3. The van der Waals surface area contributed by atoms with Crippen molar-refractivity contribution in [3.8, 4) is 5.75 Å². The summed E-state index contributed by atoms with van der Waals surface area (Å²) in [5.41, 5.74) is 3.32. The summed E-state index contributed by atoms with van der Waals surface area (Å²) in [6.07, 6.45) is 2.17. The minimum atomic E-state index is -3.91. The fourth-order valence-corrected chi connectivity index (χ4v) is 4.81. The van der Waals surface area contributed by atoms with Gasteiger partial charge in [-0.25, -0.2) is 22.3 Å². The molecule has 0 radical (unpaired) electrons. The lowest BCUT2D eigenvalue weighted by atomic mass is 10.1. The third-order valence-corrected chi connectivity index (χ3v) is 6.35. The second kappa shape index (κ2) is 6.03. The first-order chi connectivity index (χ1) is 12.4. The number of nitrogens with zero attached hydrogens (tertiary/aromatic N) is 4. The van der Waals surface area contributed by atoms with E-state index in [1.807, 2.05) is 13.0 Å². The van der Waals surface area contributed by atoms with Gasteiger partial charge in [-0.3, -0.25) is 0 Å². The van der Waals surface area contributed by atoms with Crippen molar-refractivity contribution in [2.24, 2.45) is 0 Å². The maximum atomic E-state index is 13.6. The van der Waals surface area contributed by atoms with E-state index in [0.717, 1.165) is 28.7 Å². The van der Waals surface area contributed by atoms with Crippen LogP contribution >= 0.6 is 0 Å². The van der Waals surface area contributed by atoms with E-state index in [1.165, 1.54) is 23.5 Å². The summed E-state index contributed by atoms with van der Waals surface area (Å²) < 4.78 is 47.9. The predicted molar refractivity (Wildman–Crippen MR) is 92.0 cm³/mol. The molecule has 26 heavy (non-hydrogen) atoms. The maximum absolute atomic E-state index is 13.6. The monoisotopic (exact) mass is 376 g/mol. The Labute approximate surface area is 150 Å². The first-order valence-corrected chi connectivity index (χ1v) is 9.51. The molecule has 9 heteroatoms. The van der Waals surface area contributed by atoms with Crippen LogP contribution in [-0.4, -0.2) is 41.0 Å². The Kier molecular flexibility index (Phi) is 3.92. The highest BCUT2D eigenvalue weighted by Crippen LogP contribution is 2.30. The van der Waals surface area contributed by atoms with E-state index in [0.29, 0.717) is 6.42 Å². The zero-order valence-electron chi connectivity index (χ0n) is 14.3. The molecule has 0 atom stereocenters. The van der Waals surface area contributed by atoms with Gasteiger partial charge in [0.25, 0.3) is 0 Å². The highest BCUT2D eigenvalue weighted by molar-refractivity contribution is 7.89. The van der Waals surface area contributed by atoms with Gasteiger partial charge in [-0.2, -0.15) is 9.40 Å². The summed E-state index contributed by atoms with van der Waals surface area (Å²) >= 11 is 0. The van der Waals surface area contributed by atoms with Crippen LogP contribution in [0.15, 0.2) is 35.4 Å². The number of halogens is 1. The molecule has 0 saturated carbocycles. The zero-order valence-corrected chi connectivity index (χ0v) is 15.1. The van der Waals surface area contributed by atoms with Crippen LogP contribution in [-0.2, 0) is 23.0 Å². The van der Waals surface area contributed by atoms with Crippen molar-refractivity contribution in [1.82, 2.24) is 18.9 Å². The van der Waals surface area contributed by atoms with E-state index >= 15 is 0 Å². The zero-order chi connectivity index (χ0) is 18.5. The third kappa shape index (κ3) is 2.63. The van der Waals surface area contributed by atoms with Crippen LogP contribution in [0.4, 0.5) is 4.39 Å². The average molecular weight is 376 g/mol. The van der Waals surface area contributed by atoms with Gasteiger partial charge in [-0.15, -0.1) is 0 Å². The fraction of sp³-hybridized carbons (Fsp3) is 0.294. The second-order valence-corrected chi connectivity index (χ2v) is 8.08. The number of hydrogen-bond donors (Lipinski definition) is 0. The molecule has 0 fully saturated rings. The van der Waals surface area contributed by atoms with Gasteiger partial charge in [0.15, 0.2) is 5.65 Å². The Morgan fingerprint density at radius 3 is 2.85 bits per heavy atom. The lowest BCUT2D eigenvalue weighted by Gasteiger charge is -2.28. The molecule has 4 rings (SSSR count). The lowest BCUT2D eigenvalue weighted by Crippen LogP contribution is -2.37. The van der Waals surface area contributed by atoms with Crippen molar-refractivity contribution in [2.45, 2.75) is 24.8 Å². The molecule has 1 aliphatic rings. The van der Waals surface area contributed by atoms with Crippen molar-refractivity contribution in [1.29, 1.82) is 0 Å². The number of methoxy groups -OCH3 is 1. The van der Waals surface area contributed by atoms with Gasteiger partial charge in [0.05, 0.1) is 18.5 Å². The predicted octanol–water partition coefficient (Wildman–Crippen LogP) is 1.93. The minimum Gasteiger partial charge on any atom is -0.495 e. The van der Waals surface area contributed by atoms with Crippen LogP contribution in [0.5, 0.6) is 5.75 Å². The first kappa shape index (κ1) is 16.9. The van der Waals surface area contributed by atoms with Crippen molar-refractivity contribution < 1.29 is 17.5 Å². The number of benzene rings is 1. The Morgan fingerprint density at radius 1 is 1.27 bits per heavy atom. The minimum absolute atomic E-state index is 0.119. The summed E-state index contributed by atoms with van der Waals surface area (Å²) in [6, 6.07) is 5.35. The summed E-state index contributed by atoms with van der Waals surface area (Å²) in [4.78, 5) is 4.17. The SMILES string of the molecule is COc1ccc(F)cc1S(=O)(=O)N1CCc2c(cnc3cc(C)nn23)C1. The summed E-state index contributed by atoms with van der Waals surface area (Å²) in [6.45, 7) is 2.31. The van der Waals surface area contributed by atoms with Crippen molar-refractivity contribution in [2.75, 3.05) is 13.7 Å². The largest absolute Gasteiger partial charge is 0.495 e. The van der Waals surface area contributed by atoms with Crippen molar-refractivity contribution in [3.63, 3.8) is 0 Å². The Balaban J connectivity index is 1.74. The quantitative estimate of drug-likeness (QED) is 0.698. The molecule has 7 nitrogen and oxygen atoms in total. The molecule has 1 aliphatic heterocycles. The number of hydrogen-bond acceptors (Lipinski definition) is 5. The molecule has 0 unspecified atom stereocenters. The van der Waals surface area contributed by atoms with Gasteiger partial charge in [0.1, 0.15) is 16.5 Å². The number of ether oxygens (including phenoxy) is 1.